The van der Waals surface area contributed by atoms with Crippen LogP contribution in [0.25, 0.3) is 0 Å². The zero-order valence-corrected chi connectivity index (χ0v) is 13.0. The molecule has 4 N–H and O–H groups in total. The SMILES string of the molecule is CCOCCCN=C(NN)NC(C)CCCC(C)C. The second-order valence-corrected chi connectivity index (χ2v) is 5.30. The van der Waals surface area contributed by atoms with Gasteiger partial charge in [-0.05, 0) is 32.6 Å². The molecule has 0 heterocycles. The van der Waals surface area contributed by atoms with Crippen molar-refractivity contribution in [1.82, 2.24) is 10.7 Å². The van der Waals surface area contributed by atoms with Crippen molar-refractivity contribution >= 4 is 5.96 Å². The third kappa shape index (κ3) is 12.0. The van der Waals surface area contributed by atoms with Gasteiger partial charge in [-0.25, -0.2) is 5.84 Å². The van der Waals surface area contributed by atoms with Crippen molar-refractivity contribution in [1.29, 1.82) is 0 Å². The molecule has 19 heavy (non-hydrogen) atoms. The molecule has 114 valence electrons. The van der Waals surface area contributed by atoms with Gasteiger partial charge in [0.05, 0.1) is 0 Å². The lowest BCUT2D eigenvalue weighted by atomic mass is 10.0. The van der Waals surface area contributed by atoms with Crippen molar-refractivity contribution in [2.75, 3.05) is 19.8 Å². The molecule has 0 rings (SSSR count). The molecule has 0 aliphatic carbocycles. The molecular weight excluding hydrogens is 240 g/mol. The minimum absolute atomic E-state index is 0.389. The lowest BCUT2D eigenvalue weighted by molar-refractivity contribution is 0.146. The van der Waals surface area contributed by atoms with Crippen LogP contribution in [0.3, 0.4) is 0 Å². The molecule has 0 radical (unpaired) electrons. The summed E-state index contributed by atoms with van der Waals surface area (Å²) in [6.45, 7) is 10.9. The Kier molecular flexibility index (Phi) is 11.7. The molecule has 0 spiro atoms. The van der Waals surface area contributed by atoms with E-state index in [4.69, 9.17) is 10.6 Å². The molecule has 0 aromatic heterocycles. The van der Waals surface area contributed by atoms with E-state index < -0.39 is 0 Å². The van der Waals surface area contributed by atoms with Gasteiger partial charge in [0.1, 0.15) is 0 Å². The summed E-state index contributed by atoms with van der Waals surface area (Å²) >= 11 is 0. The van der Waals surface area contributed by atoms with Gasteiger partial charge in [0.15, 0.2) is 0 Å². The summed E-state index contributed by atoms with van der Waals surface area (Å²) < 4.78 is 5.26. The highest BCUT2D eigenvalue weighted by molar-refractivity contribution is 5.79. The molecule has 0 fully saturated rings. The summed E-state index contributed by atoms with van der Waals surface area (Å²) in [5.74, 6) is 6.91. The molecule has 5 nitrogen and oxygen atoms in total. The lowest BCUT2D eigenvalue weighted by Gasteiger charge is -2.17. The van der Waals surface area contributed by atoms with Gasteiger partial charge >= 0.3 is 0 Å². The average Bonchev–Trinajstić information content (AvgIpc) is 2.36. The number of hydrogen-bond acceptors (Lipinski definition) is 3. The molecule has 0 aromatic rings. The van der Waals surface area contributed by atoms with Gasteiger partial charge in [-0.2, -0.15) is 0 Å². The Morgan fingerprint density at radius 3 is 2.53 bits per heavy atom. The fourth-order valence-corrected chi connectivity index (χ4v) is 1.77. The number of guanidine groups is 1. The van der Waals surface area contributed by atoms with E-state index in [2.05, 4.69) is 36.5 Å². The van der Waals surface area contributed by atoms with Crippen LogP contribution in [-0.2, 0) is 4.74 Å². The van der Waals surface area contributed by atoms with Gasteiger partial charge in [0.2, 0.25) is 5.96 Å². The average molecular weight is 272 g/mol. The Hall–Kier alpha value is -0.810. The van der Waals surface area contributed by atoms with Gasteiger partial charge in [0, 0.05) is 25.8 Å². The van der Waals surface area contributed by atoms with Crippen LogP contribution in [0.5, 0.6) is 0 Å². The monoisotopic (exact) mass is 272 g/mol. The predicted molar refractivity (Wildman–Crippen MR) is 82.0 cm³/mol. The zero-order valence-electron chi connectivity index (χ0n) is 13.0. The number of hydrogen-bond donors (Lipinski definition) is 3. The molecule has 0 bridgehead atoms. The van der Waals surface area contributed by atoms with E-state index >= 15 is 0 Å². The number of aliphatic imine (C=N–C) groups is 1. The first-order valence-corrected chi connectivity index (χ1v) is 7.45. The van der Waals surface area contributed by atoms with E-state index in [1.165, 1.54) is 12.8 Å². The first kappa shape index (κ1) is 18.2. The summed E-state index contributed by atoms with van der Waals surface area (Å²) in [5, 5.41) is 3.30. The fraction of sp³-hybridized carbons (Fsp3) is 0.929. The Morgan fingerprint density at radius 2 is 1.95 bits per heavy atom. The topological polar surface area (TPSA) is 71.7 Å². The van der Waals surface area contributed by atoms with Gasteiger partial charge in [-0.15, -0.1) is 0 Å². The van der Waals surface area contributed by atoms with E-state index in [9.17, 15) is 0 Å². The summed E-state index contributed by atoms with van der Waals surface area (Å²) in [5.41, 5.74) is 2.62. The minimum atomic E-state index is 0.389. The fourth-order valence-electron chi connectivity index (χ4n) is 1.77. The number of rotatable bonds is 10. The largest absolute Gasteiger partial charge is 0.382 e. The molecular formula is C14H32N4O. The van der Waals surface area contributed by atoms with Crippen molar-refractivity contribution in [2.45, 2.75) is 59.4 Å². The first-order valence-electron chi connectivity index (χ1n) is 7.45. The number of hydrazine groups is 1. The predicted octanol–water partition coefficient (Wildman–Crippen LogP) is 2.04. The third-order valence-corrected chi connectivity index (χ3v) is 2.86. The molecule has 0 saturated heterocycles. The number of nitrogens with two attached hydrogens (primary N) is 1. The van der Waals surface area contributed by atoms with Crippen LogP contribution in [0.1, 0.15) is 53.4 Å². The number of nitrogens with one attached hydrogen (secondary N) is 2. The van der Waals surface area contributed by atoms with Crippen LogP contribution in [0.4, 0.5) is 0 Å². The first-order chi connectivity index (χ1) is 9.10. The molecule has 0 amide bonds. The van der Waals surface area contributed by atoms with E-state index in [0.717, 1.165) is 38.5 Å². The smallest absolute Gasteiger partial charge is 0.205 e. The Labute approximate surface area is 118 Å². The molecule has 0 aliphatic rings. The van der Waals surface area contributed by atoms with Crippen LogP contribution < -0.4 is 16.6 Å². The van der Waals surface area contributed by atoms with E-state index in [-0.39, 0.29) is 0 Å². The van der Waals surface area contributed by atoms with Crippen LogP contribution >= 0.6 is 0 Å². The highest BCUT2D eigenvalue weighted by Crippen LogP contribution is 2.07. The van der Waals surface area contributed by atoms with Gasteiger partial charge in [-0.3, -0.25) is 10.4 Å². The summed E-state index contributed by atoms with van der Waals surface area (Å²) in [6, 6.07) is 0.389. The van der Waals surface area contributed by atoms with Crippen LogP contribution in [-0.4, -0.2) is 31.8 Å². The lowest BCUT2D eigenvalue weighted by Crippen LogP contribution is -2.45. The quantitative estimate of drug-likeness (QED) is 0.187. The van der Waals surface area contributed by atoms with E-state index in [0.29, 0.717) is 12.0 Å². The Balaban J connectivity index is 3.79. The molecule has 1 unspecified atom stereocenters. The summed E-state index contributed by atoms with van der Waals surface area (Å²) in [7, 11) is 0. The van der Waals surface area contributed by atoms with Gasteiger partial charge in [-0.1, -0.05) is 26.7 Å². The number of ether oxygens (including phenoxy) is 1. The van der Waals surface area contributed by atoms with Crippen LogP contribution in [0.15, 0.2) is 4.99 Å². The van der Waals surface area contributed by atoms with Crippen LogP contribution in [0, 0.1) is 5.92 Å². The van der Waals surface area contributed by atoms with Crippen molar-refractivity contribution in [3.8, 4) is 0 Å². The molecule has 0 saturated carbocycles. The highest BCUT2D eigenvalue weighted by atomic mass is 16.5. The maximum absolute atomic E-state index is 5.46. The van der Waals surface area contributed by atoms with Crippen molar-refractivity contribution in [2.24, 2.45) is 16.8 Å². The molecule has 0 aromatic carbocycles. The normalized spacial score (nSPS) is 13.7. The van der Waals surface area contributed by atoms with Crippen LogP contribution in [0.2, 0.25) is 0 Å². The zero-order chi connectivity index (χ0) is 14.5. The second-order valence-electron chi connectivity index (χ2n) is 5.30. The van der Waals surface area contributed by atoms with Gasteiger partial charge in [0.25, 0.3) is 0 Å². The van der Waals surface area contributed by atoms with E-state index in [1.807, 2.05) is 6.92 Å². The molecule has 5 heteroatoms. The summed E-state index contributed by atoms with van der Waals surface area (Å²) in [6.07, 6.45) is 4.55. The number of nitrogens with zero attached hydrogens (tertiary/aromatic N) is 1. The van der Waals surface area contributed by atoms with Crippen molar-refractivity contribution < 1.29 is 4.74 Å². The third-order valence-electron chi connectivity index (χ3n) is 2.86. The van der Waals surface area contributed by atoms with Crippen molar-refractivity contribution in [3.05, 3.63) is 0 Å². The molecule has 1 atom stereocenters. The Morgan fingerprint density at radius 1 is 1.21 bits per heavy atom. The second kappa shape index (κ2) is 12.2. The summed E-state index contributed by atoms with van der Waals surface area (Å²) in [4.78, 5) is 4.39. The highest BCUT2D eigenvalue weighted by Gasteiger charge is 2.05. The standard InChI is InChI=1S/C14H32N4O/c1-5-19-11-7-10-16-14(18-15)17-13(4)9-6-8-12(2)3/h12-13H,5-11,15H2,1-4H3,(H2,16,17,18). The minimum Gasteiger partial charge on any atom is -0.382 e. The molecule has 0 aliphatic heterocycles. The van der Waals surface area contributed by atoms with Gasteiger partial charge < -0.3 is 10.1 Å². The maximum Gasteiger partial charge on any atom is 0.205 e. The maximum atomic E-state index is 5.46. The van der Waals surface area contributed by atoms with Crippen molar-refractivity contribution in [3.63, 3.8) is 0 Å². The van der Waals surface area contributed by atoms with E-state index in [1.54, 1.807) is 0 Å². The Bertz CT molecular complexity index is 231.